The van der Waals surface area contributed by atoms with E-state index < -0.39 is 17.9 Å². The van der Waals surface area contributed by atoms with Gasteiger partial charge < -0.3 is 15.3 Å². The number of para-hydroxylation sites is 1. The van der Waals surface area contributed by atoms with Crippen LogP contribution in [-0.4, -0.2) is 41.2 Å². The number of hydrogen-bond acceptors (Lipinski definition) is 4. The lowest BCUT2D eigenvalue weighted by atomic mass is 10.2. The Morgan fingerprint density at radius 3 is 2.63 bits per heavy atom. The second-order valence-corrected chi connectivity index (χ2v) is 7.26. The molecular formula is C20H20N2O4S. The number of rotatable bonds is 6. The van der Waals surface area contributed by atoms with Crippen molar-refractivity contribution in [1.82, 2.24) is 5.32 Å². The molecule has 6 nitrogen and oxygen atoms in total. The molecule has 2 aromatic carbocycles. The van der Waals surface area contributed by atoms with Crippen molar-refractivity contribution in [2.75, 3.05) is 17.2 Å². The van der Waals surface area contributed by atoms with Gasteiger partial charge in [-0.1, -0.05) is 30.3 Å². The summed E-state index contributed by atoms with van der Waals surface area (Å²) >= 11 is 1.28. The molecule has 3 rings (SSSR count). The lowest BCUT2D eigenvalue weighted by Crippen LogP contribution is -2.38. The standard InChI is InChI=1S/C20H20N2O4S/c1-13(20(25)26)21-19(24)15-7-3-5-9-17(15)27-12-18(23)22-11-10-14-6-2-4-8-16(14)22/h2-9,13H,10-12H2,1H3,(H,21,24)(H,25,26)/t13-/m1/s1. The minimum absolute atomic E-state index is 0.0148. The van der Waals surface area contributed by atoms with E-state index in [0.29, 0.717) is 17.0 Å². The van der Waals surface area contributed by atoms with Gasteiger partial charge in [-0.2, -0.15) is 0 Å². The highest BCUT2D eigenvalue weighted by molar-refractivity contribution is 8.00. The zero-order valence-electron chi connectivity index (χ0n) is 14.8. The van der Waals surface area contributed by atoms with Crippen molar-refractivity contribution < 1.29 is 19.5 Å². The summed E-state index contributed by atoms with van der Waals surface area (Å²) in [5.41, 5.74) is 2.48. The fraction of sp³-hybridized carbons (Fsp3) is 0.250. The van der Waals surface area contributed by atoms with Crippen molar-refractivity contribution in [3.8, 4) is 0 Å². The molecule has 140 valence electrons. The van der Waals surface area contributed by atoms with Gasteiger partial charge in [0.1, 0.15) is 6.04 Å². The van der Waals surface area contributed by atoms with Crippen molar-refractivity contribution in [2.24, 2.45) is 0 Å². The number of anilines is 1. The van der Waals surface area contributed by atoms with Crippen LogP contribution in [0.25, 0.3) is 0 Å². The first kappa shape index (κ1) is 19.0. The Hall–Kier alpha value is -2.80. The van der Waals surface area contributed by atoms with E-state index >= 15 is 0 Å². The van der Waals surface area contributed by atoms with Crippen LogP contribution in [0.5, 0.6) is 0 Å². The number of nitrogens with zero attached hydrogens (tertiary/aromatic N) is 1. The summed E-state index contributed by atoms with van der Waals surface area (Å²) in [6.07, 6.45) is 0.846. The van der Waals surface area contributed by atoms with Crippen LogP contribution in [0.3, 0.4) is 0 Å². The molecule has 27 heavy (non-hydrogen) atoms. The highest BCUT2D eigenvalue weighted by Crippen LogP contribution is 2.29. The zero-order chi connectivity index (χ0) is 19.4. The quantitative estimate of drug-likeness (QED) is 0.748. The third-order valence-electron chi connectivity index (χ3n) is 4.39. The van der Waals surface area contributed by atoms with E-state index in [1.807, 2.05) is 24.3 Å². The summed E-state index contributed by atoms with van der Waals surface area (Å²) in [4.78, 5) is 38.4. The van der Waals surface area contributed by atoms with Gasteiger partial charge in [-0.05, 0) is 37.1 Å². The van der Waals surface area contributed by atoms with E-state index in [9.17, 15) is 14.4 Å². The average molecular weight is 384 g/mol. The van der Waals surface area contributed by atoms with E-state index in [-0.39, 0.29) is 11.7 Å². The Morgan fingerprint density at radius 1 is 1.15 bits per heavy atom. The van der Waals surface area contributed by atoms with Gasteiger partial charge in [0.25, 0.3) is 5.91 Å². The molecule has 1 aliphatic heterocycles. The predicted molar refractivity (Wildman–Crippen MR) is 104 cm³/mol. The number of thioether (sulfide) groups is 1. The van der Waals surface area contributed by atoms with Crippen molar-refractivity contribution in [1.29, 1.82) is 0 Å². The molecule has 2 aromatic rings. The molecule has 7 heteroatoms. The highest BCUT2D eigenvalue weighted by atomic mass is 32.2. The molecule has 0 fully saturated rings. The van der Waals surface area contributed by atoms with Crippen LogP contribution in [0.1, 0.15) is 22.8 Å². The third kappa shape index (κ3) is 4.31. The lowest BCUT2D eigenvalue weighted by Gasteiger charge is -2.17. The number of nitrogens with one attached hydrogen (secondary N) is 1. The van der Waals surface area contributed by atoms with Crippen molar-refractivity contribution in [3.63, 3.8) is 0 Å². The third-order valence-corrected chi connectivity index (χ3v) is 5.45. The van der Waals surface area contributed by atoms with Crippen LogP contribution in [0.2, 0.25) is 0 Å². The molecule has 0 saturated heterocycles. The van der Waals surface area contributed by atoms with E-state index in [0.717, 1.165) is 12.1 Å². The fourth-order valence-electron chi connectivity index (χ4n) is 2.93. The lowest BCUT2D eigenvalue weighted by molar-refractivity contribution is -0.138. The molecule has 1 atom stereocenters. The van der Waals surface area contributed by atoms with Gasteiger partial charge >= 0.3 is 5.97 Å². The number of carbonyl (C=O) groups excluding carboxylic acids is 2. The maximum Gasteiger partial charge on any atom is 0.325 e. The Balaban J connectivity index is 1.67. The molecule has 0 unspecified atom stereocenters. The number of carboxylic acids is 1. The molecule has 0 spiro atoms. The summed E-state index contributed by atoms with van der Waals surface area (Å²) in [7, 11) is 0. The molecule has 0 bridgehead atoms. The molecule has 2 N–H and O–H groups in total. The number of amides is 2. The van der Waals surface area contributed by atoms with Gasteiger partial charge in [0.05, 0.1) is 11.3 Å². The minimum atomic E-state index is -1.10. The summed E-state index contributed by atoms with van der Waals surface area (Å²) in [6.45, 7) is 2.07. The van der Waals surface area contributed by atoms with E-state index in [2.05, 4.69) is 5.32 Å². The predicted octanol–water partition coefficient (Wildman–Crippen LogP) is 2.57. The molecule has 2 amide bonds. The Kier molecular flexibility index (Phi) is 5.81. The second-order valence-electron chi connectivity index (χ2n) is 6.24. The van der Waals surface area contributed by atoms with E-state index in [1.54, 1.807) is 29.2 Å². The van der Waals surface area contributed by atoms with Gasteiger partial charge in [0.2, 0.25) is 5.91 Å². The topological polar surface area (TPSA) is 86.7 Å². The van der Waals surface area contributed by atoms with E-state index in [4.69, 9.17) is 5.11 Å². The van der Waals surface area contributed by atoms with Crippen molar-refractivity contribution >= 4 is 35.2 Å². The number of benzene rings is 2. The molecule has 1 heterocycles. The Morgan fingerprint density at radius 2 is 1.85 bits per heavy atom. The number of hydrogen-bond donors (Lipinski definition) is 2. The van der Waals surface area contributed by atoms with Crippen LogP contribution < -0.4 is 10.2 Å². The van der Waals surface area contributed by atoms with Crippen LogP contribution >= 0.6 is 11.8 Å². The minimum Gasteiger partial charge on any atom is -0.480 e. The Labute approximate surface area is 161 Å². The monoisotopic (exact) mass is 384 g/mol. The van der Waals surface area contributed by atoms with E-state index in [1.165, 1.54) is 24.2 Å². The molecule has 1 aliphatic rings. The van der Waals surface area contributed by atoms with Gasteiger partial charge in [-0.15, -0.1) is 11.8 Å². The van der Waals surface area contributed by atoms with Crippen molar-refractivity contribution in [3.05, 3.63) is 59.7 Å². The highest BCUT2D eigenvalue weighted by Gasteiger charge is 2.24. The number of aliphatic carboxylic acids is 1. The molecule has 0 saturated carbocycles. The Bertz CT molecular complexity index is 884. The maximum atomic E-state index is 12.7. The largest absolute Gasteiger partial charge is 0.480 e. The first-order valence-corrected chi connectivity index (χ1v) is 9.59. The van der Waals surface area contributed by atoms with Crippen LogP contribution in [0.4, 0.5) is 5.69 Å². The smallest absolute Gasteiger partial charge is 0.325 e. The second kappa shape index (κ2) is 8.26. The summed E-state index contributed by atoms with van der Waals surface area (Å²) in [6, 6.07) is 13.8. The zero-order valence-corrected chi connectivity index (χ0v) is 15.7. The first-order chi connectivity index (χ1) is 13.0. The SMILES string of the molecule is C[C@@H](NC(=O)c1ccccc1SCC(=O)N1CCc2ccccc21)C(=O)O. The van der Waals surface area contributed by atoms with Gasteiger partial charge in [0.15, 0.2) is 0 Å². The number of carboxylic acid groups (broad SMARTS) is 1. The normalized spacial score (nSPS) is 13.7. The van der Waals surface area contributed by atoms with Gasteiger partial charge in [-0.25, -0.2) is 0 Å². The summed E-state index contributed by atoms with van der Waals surface area (Å²) in [5, 5.41) is 11.4. The molecule has 0 aliphatic carbocycles. The number of carbonyl (C=O) groups is 3. The number of fused-ring (bicyclic) bond motifs is 1. The first-order valence-electron chi connectivity index (χ1n) is 8.61. The van der Waals surface area contributed by atoms with Gasteiger partial charge in [0, 0.05) is 17.1 Å². The average Bonchev–Trinajstić information content (AvgIpc) is 3.10. The van der Waals surface area contributed by atoms with Crippen LogP contribution in [-0.2, 0) is 16.0 Å². The van der Waals surface area contributed by atoms with Crippen molar-refractivity contribution in [2.45, 2.75) is 24.3 Å². The molecule has 0 aromatic heterocycles. The fourth-order valence-corrected chi connectivity index (χ4v) is 3.86. The van der Waals surface area contributed by atoms with Gasteiger partial charge in [-0.3, -0.25) is 14.4 Å². The summed E-state index contributed by atoms with van der Waals surface area (Å²) in [5.74, 6) is -1.38. The molecular weight excluding hydrogens is 364 g/mol. The van der Waals surface area contributed by atoms with Crippen LogP contribution in [0, 0.1) is 0 Å². The van der Waals surface area contributed by atoms with Crippen LogP contribution in [0.15, 0.2) is 53.4 Å². The maximum absolute atomic E-state index is 12.7. The molecule has 0 radical (unpaired) electrons. The summed E-state index contributed by atoms with van der Waals surface area (Å²) < 4.78 is 0.